The van der Waals surface area contributed by atoms with Crippen molar-refractivity contribution in [3.05, 3.63) is 65.7 Å². The first-order chi connectivity index (χ1) is 12.6. The molecular formula is C19H24N6S. The molecule has 0 atom stereocenters. The number of nitrogens with zero attached hydrogens (tertiary/aromatic N) is 4. The summed E-state index contributed by atoms with van der Waals surface area (Å²) in [6.07, 6.45) is 8.61. The van der Waals surface area contributed by atoms with E-state index in [-0.39, 0.29) is 0 Å². The molecule has 0 bridgehead atoms. The van der Waals surface area contributed by atoms with Crippen LogP contribution in [0.1, 0.15) is 23.1 Å². The molecule has 0 aliphatic heterocycles. The van der Waals surface area contributed by atoms with Gasteiger partial charge in [0.2, 0.25) is 0 Å². The highest BCUT2D eigenvalue weighted by molar-refractivity contribution is 7.80. The Morgan fingerprint density at radius 1 is 1.00 bits per heavy atom. The summed E-state index contributed by atoms with van der Waals surface area (Å²) in [6.45, 7) is 6.54. The first-order valence-corrected chi connectivity index (χ1v) is 9.11. The molecule has 1 aromatic carbocycles. The maximum absolute atomic E-state index is 5.34. The molecule has 0 fully saturated rings. The van der Waals surface area contributed by atoms with Crippen molar-refractivity contribution in [2.45, 2.75) is 33.4 Å². The van der Waals surface area contributed by atoms with E-state index in [1.165, 1.54) is 16.7 Å². The van der Waals surface area contributed by atoms with Gasteiger partial charge in [-0.15, -0.1) is 0 Å². The minimum absolute atomic E-state index is 0.608. The minimum atomic E-state index is 0.608. The van der Waals surface area contributed by atoms with Gasteiger partial charge in [-0.25, -0.2) is 0 Å². The van der Waals surface area contributed by atoms with Gasteiger partial charge < -0.3 is 10.6 Å². The number of aryl methyl sites for hydroxylation is 3. The molecule has 0 radical (unpaired) electrons. The lowest BCUT2D eigenvalue weighted by atomic mass is 10.1. The highest BCUT2D eigenvalue weighted by Gasteiger charge is 2.02. The highest BCUT2D eigenvalue weighted by atomic mass is 32.1. The Morgan fingerprint density at radius 2 is 1.77 bits per heavy atom. The zero-order chi connectivity index (χ0) is 18.4. The molecule has 3 rings (SSSR count). The van der Waals surface area contributed by atoms with Crippen LogP contribution in [0.15, 0.2) is 49.1 Å². The third-order valence-corrected chi connectivity index (χ3v) is 4.21. The summed E-state index contributed by atoms with van der Waals surface area (Å²) in [4.78, 5) is 0. The number of thiocarbonyl (C=S) groups is 1. The third kappa shape index (κ3) is 5.42. The van der Waals surface area contributed by atoms with Crippen LogP contribution in [-0.4, -0.2) is 31.2 Å². The van der Waals surface area contributed by atoms with Crippen molar-refractivity contribution in [1.82, 2.24) is 24.9 Å². The van der Waals surface area contributed by atoms with Crippen molar-refractivity contribution in [2.75, 3.05) is 11.9 Å². The van der Waals surface area contributed by atoms with Crippen molar-refractivity contribution in [3.63, 3.8) is 0 Å². The monoisotopic (exact) mass is 368 g/mol. The molecule has 0 spiro atoms. The molecule has 0 aliphatic rings. The second-order valence-electron chi connectivity index (χ2n) is 6.43. The van der Waals surface area contributed by atoms with Crippen molar-refractivity contribution >= 4 is 23.0 Å². The molecule has 0 aliphatic carbocycles. The van der Waals surface area contributed by atoms with E-state index in [2.05, 4.69) is 52.0 Å². The van der Waals surface area contributed by atoms with Crippen molar-refractivity contribution < 1.29 is 0 Å². The van der Waals surface area contributed by atoms with Crippen LogP contribution in [0.25, 0.3) is 0 Å². The number of anilines is 1. The molecule has 2 heterocycles. The summed E-state index contributed by atoms with van der Waals surface area (Å²) in [5.41, 5.74) is 4.55. The SMILES string of the molecule is Cc1ccc(Cn2cc(NC(=S)NCCCn3cc(C)cn3)cn2)cc1. The van der Waals surface area contributed by atoms with Crippen LogP contribution >= 0.6 is 12.2 Å². The second kappa shape index (κ2) is 8.62. The zero-order valence-corrected chi connectivity index (χ0v) is 16.0. The Balaban J connectivity index is 1.40. The second-order valence-corrected chi connectivity index (χ2v) is 6.84. The van der Waals surface area contributed by atoms with Gasteiger partial charge in [-0.2, -0.15) is 10.2 Å². The Morgan fingerprint density at radius 3 is 2.50 bits per heavy atom. The van der Waals surface area contributed by atoms with Crippen LogP contribution in [0.5, 0.6) is 0 Å². The Bertz CT molecular complexity index is 849. The van der Waals surface area contributed by atoms with Gasteiger partial charge in [0.15, 0.2) is 5.11 Å². The fraction of sp³-hybridized carbons (Fsp3) is 0.316. The topological polar surface area (TPSA) is 59.7 Å². The van der Waals surface area contributed by atoms with Gasteiger partial charge in [0.25, 0.3) is 0 Å². The molecule has 3 aromatic rings. The van der Waals surface area contributed by atoms with Crippen molar-refractivity contribution in [1.29, 1.82) is 0 Å². The lowest BCUT2D eigenvalue weighted by Gasteiger charge is -2.09. The van der Waals surface area contributed by atoms with E-state index in [1.807, 2.05) is 34.9 Å². The minimum Gasteiger partial charge on any atom is -0.362 e. The van der Waals surface area contributed by atoms with Gasteiger partial charge in [0.05, 0.1) is 24.6 Å². The fourth-order valence-corrected chi connectivity index (χ4v) is 2.82. The van der Waals surface area contributed by atoms with E-state index in [4.69, 9.17) is 12.2 Å². The molecule has 0 amide bonds. The Kier molecular flexibility index (Phi) is 6.01. The van der Waals surface area contributed by atoms with E-state index >= 15 is 0 Å². The van der Waals surface area contributed by atoms with Gasteiger partial charge >= 0.3 is 0 Å². The molecule has 136 valence electrons. The van der Waals surface area contributed by atoms with Crippen LogP contribution in [0, 0.1) is 13.8 Å². The van der Waals surface area contributed by atoms with Gasteiger partial charge in [0.1, 0.15) is 0 Å². The lowest BCUT2D eigenvalue weighted by Crippen LogP contribution is -2.29. The van der Waals surface area contributed by atoms with Crippen molar-refractivity contribution in [2.24, 2.45) is 0 Å². The van der Waals surface area contributed by atoms with Gasteiger partial charge in [0, 0.05) is 25.5 Å². The van der Waals surface area contributed by atoms with E-state index in [1.54, 1.807) is 6.20 Å². The summed E-state index contributed by atoms with van der Waals surface area (Å²) in [7, 11) is 0. The normalized spacial score (nSPS) is 10.7. The van der Waals surface area contributed by atoms with Crippen molar-refractivity contribution in [3.8, 4) is 0 Å². The number of benzene rings is 1. The molecule has 2 N–H and O–H groups in total. The van der Waals surface area contributed by atoms with Crippen LogP contribution < -0.4 is 10.6 Å². The summed E-state index contributed by atoms with van der Waals surface area (Å²) < 4.78 is 3.85. The van der Waals surface area contributed by atoms with E-state index in [0.29, 0.717) is 5.11 Å². The van der Waals surface area contributed by atoms with E-state index < -0.39 is 0 Å². The predicted octanol–water partition coefficient (Wildman–Crippen LogP) is 3.12. The quantitative estimate of drug-likeness (QED) is 0.496. The van der Waals surface area contributed by atoms with Crippen LogP contribution in [0.4, 0.5) is 5.69 Å². The van der Waals surface area contributed by atoms with Gasteiger partial charge in [-0.1, -0.05) is 29.8 Å². The average molecular weight is 369 g/mol. The lowest BCUT2D eigenvalue weighted by molar-refractivity contribution is 0.573. The zero-order valence-electron chi connectivity index (χ0n) is 15.1. The first-order valence-electron chi connectivity index (χ1n) is 8.70. The smallest absolute Gasteiger partial charge is 0.170 e. The van der Waals surface area contributed by atoms with Crippen LogP contribution in [0.2, 0.25) is 0 Å². The predicted molar refractivity (Wildman–Crippen MR) is 108 cm³/mol. The standard InChI is InChI=1S/C19H24N6S/c1-15-4-6-17(7-5-15)13-25-14-18(11-22-25)23-19(26)20-8-3-9-24-12-16(2)10-21-24/h4-7,10-12,14H,3,8-9,13H2,1-2H3,(H2,20,23,26). The summed E-state index contributed by atoms with van der Waals surface area (Å²) >= 11 is 5.34. The largest absolute Gasteiger partial charge is 0.362 e. The number of rotatable bonds is 7. The maximum atomic E-state index is 5.34. The van der Waals surface area contributed by atoms with Crippen LogP contribution in [0.3, 0.4) is 0 Å². The molecule has 6 nitrogen and oxygen atoms in total. The first kappa shape index (κ1) is 18.1. The Labute approximate surface area is 159 Å². The third-order valence-electron chi connectivity index (χ3n) is 3.97. The Hall–Kier alpha value is -2.67. The average Bonchev–Trinajstić information content (AvgIpc) is 3.23. The number of hydrogen-bond acceptors (Lipinski definition) is 3. The summed E-state index contributed by atoms with van der Waals surface area (Å²) in [5.74, 6) is 0. The molecule has 7 heteroatoms. The molecule has 2 aromatic heterocycles. The van der Waals surface area contributed by atoms with E-state index in [0.717, 1.165) is 31.7 Å². The molecule has 0 unspecified atom stereocenters. The maximum Gasteiger partial charge on any atom is 0.170 e. The van der Waals surface area contributed by atoms with E-state index in [9.17, 15) is 0 Å². The molecule has 0 saturated carbocycles. The summed E-state index contributed by atoms with van der Waals surface area (Å²) in [5, 5.41) is 15.7. The van der Waals surface area contributed by atoms with Crippen LogP contribution in [-0.2, 0) is 13.1 Å². The number of hydrogen-bond donors (Lipinski definition) is 2. The molecule has 26 heavy (non-hydrogen) atoms. The van der Waals surface area contributed by atoms with Gasteiger partial charge in [-0.05, 0) is 43.6 Å². The van der Waals surface area contributed by atoms with Gasteiger partial charge in [-0.3, -0.25) is 9.36 Å². The molecule has 0 saturated heterocycles. The summed E-state index contributed by atoms with van der Waals surface area (Å²) in [6, 6.07) is 8.47. The number of nitrogens with one attached hydrogen (secondary N) is 2. The molecular weight excluding hydrogens is 344 g/mol. The highest BCUT2D eigenvalue weighted by Crippen LogP contribution is 2.09. The fourth-order valence-electron chi connectivity index (χ4n) is 2.60. The number of aromatic nitrogens is 4.